The molecule has 0 aromatic carbocycles. The lowest BCUT2D eigenvalue weighted by molar-refractivity contribution is -0.0453. The first-order valence-corrected chi connectivity index (χ1v) is 7.98. The van der Waals surface area contributed by atoms with Crippen molar-refractivity contribution in [3.8, 4) is 0 Å². The van der Waals surface area contributed by atoms with Gasteiger partial charge in [-0.1, -0.05) is 5.21 Å². The van der Waals surface area contributed by atoms with Crippen LogP contribution in [0.15, 0.2) is 24.7 Å². The maximum atomic E-state index is 10.8. The van der Waals surface area contributed by atoms with Crippen molar-refractivity contribution in [3.63, 3.8) is 0 Å². The lowest BCUT2D eigenvalue weighted by Gasteiger charge is -2.39. The van der Waals surface area contributed by atoms with E-state index in [0.717, 1.165) is 38.9 Å². The lowest BCUT2D eigenvalue weighted by Crippen LogP contribution is -2.51. The highest BCUT2D eigenvalue weighted by Gasteiger charge is 2.33. The van der Waals surface area contributed by atoms with E-state index in [9.17, 15) is 5.11 Å². The molecule has 3 rings (SSSR count). The zero-order valence-electron chi connectivity index (χ0n) is 13.1. The summed E-state index contributed by atoms with van der Waals surface area (Å²) in [5.41, 5.74) is 0.546. The van der Waals surface area contributed by atoms with Gasteiger partial charge in [0, 0.05) is 44.1 Å². The molecule has 0 saturated carbocycles. The second kappa shape index (κ2) is 6.58. The predicted octanol–water partition coefficient (Wildman–Crippen LogP) is 0.564. The fraction of sp³-hybridized carbons (Fsp3) is 0.667. The minimum atomic E-state index is -0.711. The van der Waals surface area contributed by atoms with Crippen molar-refractivity contribution in [3.05, 3.63) is 30.4 Å². The molecule has 1 aliphatic heterocycles. The number of aromatic nitrogens is 5. The Balaban J connectivity index is 1.56. The third kappa shape index (κ3) is 3.53. The molecule has 0 radical (unpaired) electrons. The maximum absolute atomic E-state index is 10.8. The Kier molecular flexibility index (Phi) is 4.54. The lowest BCUT2D eigenvalue weighted by atomic mass is 9.92. The van der Waals surface area contributed by atoms with E-state index in [2.05, 4.69) is 33.3 Å². The third-order valence-electron chi connectivity index (χ3n) is 4.35. The smallest absolute Gasteiger partial charge is 0.0969 e. The van der Waals surface area contributed by atoms with Crippen molar-refractivity contribution < 1.29 is 5.11 Å². The molecule has 1 fully saturated rings. The summed E-state index contributed by atoms with van der Waals surface area (Å²) >= 11 is 0. The molecule has 1 saturated heterocycles. The van der Waals surface area contributed by atoms with Crippen LogP contribution in [0, 0.1) is 0 Å². The molecule has 2 aromatic heterocycles. The first-order chi connectivity index (χ1) is 10.7. The fourth-order valence-corrected chi connectivity index (χ4v) is 3.27. The summed E-state index contributed by atoms with van der Waals surface area (Å²) in [6, 6.07) is 2.08. The molecule has 7 heteroatoms. The van der Waals surface area contributed by atoms with Crippen LogP contribution in [-0.2, 0) is 19.5 Å². The molecule has 2 aromatic rings. The van der Waals surface area contributed by atoms with E-state index in [4.69, 9.17) is 0 Å². The molecule has 3 heterocycles. The number of aliphatic hydroxyl groups is 1. The van der Waals surface area contributed by atoms with Crippen LogP contribution in [0.3, 0.4) is 0 Å². The number of hydrogen-bond donors (Lipinski definition) is 1. The summed E-state index contributed by atoms with van der Waals surface area (Å²) in [7, 11) is 0. The summed E-state index contributed by atoms with van der Waals surface area (Å²) < 4.78 is 3.75. The number of β-amino-alcohol motifs (C(OH)–C–C–N with tert-alkyl or cyclic N) is 1. The van der Waals surface area contributed by atoms with Crippen LogP contribution in [0.2, 0.25) is 0 Å². The molecule has 22 heavy (non-hydrogen) atoms. The van der Waals surface area contributed by atoms with E-state index in [-0.39, 0.29) is 0 Å². The van der Waals surface area contributed by atoms with Crippen molar-refractivity contribution in [2.45, 2.75) is 44.9 Å². The largest absolute Gasteiger partial charge is 0.387 e. The van der Waals surface area contributed by atoms with Crippen molar-refractivity contribution >= 4 is 0 Å². The Morgan fingerprint density at radius 1 is 1.36 bits per heavy atom. The average molecular weight is 304 g/mol. The zero-order valence-corrected chi connectivity index (χ0v) is 13.1. The van der Waals surface area contributed by atoms with Gasteiger partial charge in [-0.2, -0.15) is 5.10 Å². The van der Waals surface area contributed by atoms with Crippen molar-refractivity contribution in [1.29, 1.82) is 0 Å². The predicted molar refractivity (Wildman–Crippen MR) is 82.3 cm³/mol. The van der Waals surface area contributed by atoms with E-state index in [1.807, 2.05) is 10.9 Å². The molecule has 1 unspecified atom stereocenters. The normalized spacial score (nSPS) is 23.0. The van der Waals surface area contributed by atoms with Crippen molar-refractivity contribution in [2.24, 2.45) is 0 Å². The van der Waals surface area contributed by atoms with E-state index in [0.29, 0.717) is 13.1 Å². The number of likely N-dealkylation sites (tertiary alicyclic amines) is 1. The molecule has 120 valence electrons. The minimum Gasteiger partial charge on any atom is -0.387 e. The summed E-state index contributed by atoms with van der Waals surface area (Å²) in [6.07, 6.45) is 8.10. The Bertz CT molecular complexity index is 581. The quantitative estimate of drug-likeness (QED) is 0.844. The Morgan fingerprint density at radius 2 is 2.27 bits per heavy atom. The van der Waals surface area contributed by atoms with Crippen LogP contribution in [0.1, 0.15) is 25.5 Å². The highest BCUT2D eigenvalue weighted by atomic mass is 16.3. The Hall–Kier alpha value is -1.73. The van der Waals surface area contributed by atoms with E-state index >= 15 is 0 Å². The van der Waals surface area contributed by atoms with Gasteiger partial charge in [0.1, 0.15) is 0 Å². The van der Waals surface area contributed by atoms with Crippen LogP contribution < -0.4 is 0 Å². The second-order valence-corrected chi connectivity index (χ2v) is 6.09. The molecule has 1 N–H and O–H groups in total. The number of piperidine rings is 1. The number of nitrogens with zero attached hydrogens (tertiary/aromatic N) is 6. The van der Waals surface area contributed by atoms with Gasteiger partial charge in [0.2, 0.25) is 0 Å². The number of rotatable bonds is 6. The molecule has 0 amide bonds. The van der Waals surface area contributed by atoms with Gasteiger partial charge in [0.05, 0.1) is 18.3 Å². The Labute approximate surface area is 130 Å². The molecule has 1 atom stereocenters. The number of hydrogen-bond acceptors (Lipinski definition) is 5. The molecule has 7 nitrogen and oxygen atoms in total. The topological polar surface area (TPSA) is 72.0 Å². The second-order valence-electron chi connectivity index (χ2n) is 6.09. The van der Waals surface area contributed by atoms with E-state index in [1.54, 1.807) is 17.1 Å². The van der Waals surface area contributed by atoms with Crippen LogP contribution in [0.4, 0.5) is 0 Å². The Morgan fingerprint density at radius 3 is 3.05 bits per heavy atom. The third-order valence-corrected chi connectivity index (χ3v) is 4.35. The van der Waals surface area contributed by atoms with Crippen LogP contribution in [0.25, 0.3) is 0 Å². The van der Waals surface area contributed by atoms with Gasteiger partial charge < -0.3 is 10.0 Å². The van der Waals surface area contributed by atoms with E-state index < -0.39 is 5.60 Å². The van der Waals surface area contributed by atoms with Gasteiger partial charge in [0.15, 0.2) is 0 Å². The zero-order chi connectivity index (χ0) is 15.4. The SMILES string of the molecule is CCn1nccc1CCN1CCCC(O)(Cn2ccnn2)C1. The first-order valence-electron chi connectivity index (χ1n) is 7.98. The molecular weight excluding hydrogens is 280 g/mol. The van der Waals surface area contributed by atoms with Crippen LogP contribution in [-0.4, -0.2) is 60.0 Å². The van der Waals surface area contributed by atoms with Gasteiger partial charge in [-0.15, -0.1) is 5.10 Å². The summed E-state index contributed by atoms with van der Waals surface area (Å²) in [5, 5.41) is 22.9. The van der Waals surface area contributed by atoms with E-state index in [1.165, 1.54) is 5.69 Å². The van der Waals surface area contributed by atoms with Gasteiger partial charge in [0.25, 0.3) is 0 Å². The van der Waals surface area contributed by atoms with Crippen LogP contribution >= 0.6 is 0 Å². The summed E-state index contributed by atoms with van der Waals surface area (Å²) in [5.74, 6) is 0. The monoisotopic (exact) mass is 304 g/mol. The molecule has 1 aliphatic rings. The summed E-state index contributed by atoms with van der Waals surface area (Å²) in [6.45, 7) is 6.20. The van der Waals surface area contributed by atoms with Crippen molar-refractivity contribution in [1.82, 2.24) is 29.7 Å². The van der Waals surface area contributed by atoms with Gasteiger partial charge in [-0.3, -0.25) is 4.68 Å². The van der Waals surface area contributed by atoms with Crippen LogP contribution in [0.5, 0.6) is 0 Å². The average Bonchev–Trinajstić information content (AvgIpc) is 3.15. The maximum Gasteiger partial charge on any atom is 0.0969 e. The van der Waals surface area contributed by atoms with Gasteiger partial charge in [-0.05, 0) is 32.4 Å². The highest BCUT2D eigenvalue weighted by molar-refractivity contribution is 5.01. The molecular formula is C15H24N6O. The minimum absolute atomic E-state index is 0.510. The highest BCUT2D eigenvalue weighted by Crippen LogP contribution is 2.23. The standard InChI is InChI=1S/C15H24N6O/c1-2-21-14(4-7-17-21)5-10-19-9-3-6-15(22,12-19)13-20-11-8-16-18-20/h4,7-8,11,22H,2-3,5-6,9-10,12-13H2,1H3. The fourth-order valence-electron chi connectivity index (χ4n) is 3.27. The molecule has 0 spiro atoms. The molecule has 0 aliphatic carbocycles. The van der Waals surface area contributed by atoms with Crippen molar-refractivity contribution in [2.75, 3.05) is 19.6 Å². The molecule has 0 bridgehead atoms. The van der Waals surface area contributed by atoms with Gasteiger partial charge in [-0.25, -0.2) is 4.68 Å². The number of aryl methyl sites for hydroxylation is 1. The first kappa shape index (κ1) is 15.2. The van der Waals surface area contributed by atoms with Gasteiger partial charge >= 0.3 is 0 Å². The summed E-state index contributed by atoms with van der Waals surface area (Å²) in [4.78, 5) is 2.34.